The predicted octanol–water partition coefficient (Wildman–Crippen LogP) is -0.150. The first-order chi connectivity index (χ1) is 1.41. The van der Waals surface area contributed by atoms with Crippen LogP contribution in [0.5, 0.6) is 0 Å². The molecule has 0 N–H and O–H groups in total. The van der Waals surface area contributed by atoms with Gasteiger partial charge in [-0.05, 0) is 0 Å². The van der Waals surface area contributed by atoms with E-state index in [1.165, 1.54) is 0 Å². The molecular weight excluding hydrogens is 451 g/mol. The van der Waals surface area contributed by atoms with Crippen molar-refractivity contribution in [2.45, 2.75) is 0 Å². The third kappa shape index (κ3) is 155. The van der Waals surface area contributed by atoms with Gasteiger partial charge < -0.3 is 99.2 Å². The molecule has 0 aliphatic rings. The Morgan fingerprint density at radius 1 is 0.750 bits per heavy atom. The molecule has 0 fully saturated rings. The van der Waals surface area contributed by atoms with Crippen LogP contribution in [0.15, 0.2) is 0 Å². The molecule has 0 aromatic rings. The van der Waals surface area contributed by atoms with Gasteiger partial charge in [-0.3, -0.25) is 0 Å². The number of hydrogen-bond acceptors (Lipinski definition) is 6. The first-order valence-corrected chi connectivity index (χ1v) is 1.73. The Bertz CT molecular complexity index is 20.8. The molecule has 0 heterocycles. The van der Waals surface area contributed by atoms with Crippen LogP contribution >= 0.6 is 0 Å². The van der Waals surface area contributed by atoms with Crippen molar-refractivity contribution in [1.82, 2.24) is 0 Å². The van der Waals surface area contributed by atoms with Gasteiger partial charge in [-0.15, -0.1) is 0 Å². The van der Waals surface area contributed by atoms with Crippen LogP contribution in [0.3, 0.4) is 0 Å². The van der Waals surface area contributed by atoms with Crippen LogP contribution in [-0.2, 0) is 134 Å². The summed E-state index contributed by atoms with van der Waals surface area (Å²) in [6.45, 7) is 0. The minimum atomic E-state index is 0. The molecule has 0 aliphatic carbocycles. The van der Waals surface area contributed by atoms with Gasteiger partial charge in [0.25, 0.3) is 0 Å². The van der Waals surface area contributed by atoms with Gasteiger partial charge in [0.2, 0.25) is 0 Å². The van der Waals surface area contributed by atoms with Gasteiger partial charge >= 0.3 is 38.1 Å². The maximum Gasteiger partial charge on any atom is 2.00 e. The van der Waals surface area contributed by atoms with E-state index in [0.717, 1.165) is 0 Å². The van der Waals surface area contributed by atoms with E-state index in [-0.39, 0.29) is 124 Å². The van der Waals surface area contributed by atoms with E-state index in [9.17, 15) is 0 Å². The summed E-state index contributed by atoms with van der Waals surface area (Å²) in [6, 6.07) is 0. The molecule has 12 heavy (non-hydrogen) atoms. The van der Waals surface area contributed by atoms with Crippen molar-refractivity contribution in [1.29, 1.82) is 0 Å². The zero-order valence-corrected chi connectivity index (χ0v) is 15.4. The van der Waals surface area contributed by atoms with Crippen molar-refractivity contribution in [2.75, 3.05) is 5.08 Å². The Hall–Kier alpha value is 3.83. The molecule has 0 amide bonds. The Kier molecular flexibility index (Phi) is 1040. The van der Waals surface area contributed by atoms with E-state index in [0.29, 0.717) is 5.08 Å². The van der Waals surface area contributed by atoms with Crippen LogP contribution in [0.4, 0.5) is 0 Å². The topological polar surface area (TPSA) is 0 Å². The molecule has 92 valence electrons. The fourth-order valence-corrected chi connectivity index (χ4v) is 0. The summed E-state index contributed by atoms with van der Waals surface area (Å²) in [5, 5.41) is 0.417. The zero-order valence-electron chi connectivity index (χ0n) is 6.32. The maximum absolute atomic E-state index is 4.21. The second kappa shape index (κ2) is 122. The molecule has 0 spiro atoms. The van der Waals surface area contributed by atoms with E-state index in [1.807, 2.05) is 0 Å². The van der Waals surface area contributed by atoms with Crippen LogP contribution < -0.4 is 0 Å². The zero-order chi connectivity index (χ0) is 2.71. The normalized spacial score (nSPS) is 1.50. The summed E-state index contributed by atoms with van der Waals surface area (Å²) in [4.78, 5) is 0. The summed E-state index contributed by atoms with van der Waals surface area (Å²) < 4.78 is 0. The molecule has 2 radical (unpaired) electrons. The monoisotopic (exact) mass is 464 g/mol. The van der Waals surface area contributed by atoms with E-state index < -0.39 is 0 Å². The first kappa shape index (κ1) is 102. The standard InChI is InChI=1S/CH4S2.2CH3.2Cu.Mo.4H2S/c2-1-3;;;;;;;;;/h2-3H,1H2;2*1H3;;;;4*1H2/q;2*-1;;2*+2;;;;/p-6. The van der Waals surface area contributed by atoms with Gasteiger partial charge in [-0.1, -0.05) is 0 Å². The third-order valence-electron chi connectivity index (χ3n) is 0. The van der Waals surface area contributed by atoms with Gasteiger partial charge in [0.15, 0.2) is 0 Å². The van der Waals surface area contributed by atoms with E-state index in [4.69, 9.17) is 0 Å². The van der Waals surface area contributed by atoms with Gasteiger partial charge in [-0.2, -0.15) is 0 Å². The Labute approximate surface area is 152 Å². The van der Waals surface area contributed by atoms with Crippen molar-refractivity contribution in [3.8, 4) is 0 Å². The molecule has 9 heteroatoms. The molecule has 0 aromatic carbocycles. The van der Waals surface area contributed by atoms with Crippen LogP contribution in [0.1, 0.15) is 0 Å². The molecule has 0 nitrogen and oxygen atoms in total. The molecule has 0 bridgehead atoms. The first-order valence-electron chi connectivity index (χ1n) is 0.577. The summed E-state index contributed by atoms with van der Waals surface area (Å²) >= 11 is 8.42. The largest absolute Gasteiger partial charge is 2.00 e. The number of hydrogen-bond donors (Lipinski definition) is 0. The van der Waals surface area contributed by atoms with Crippen LogP contribution in [-0.4, -0.2) is 5.08 Å². The molecule has 0 atom stereocenters. The van der Waals surface area contributed by atoms with Gasteiger partial charge in [0, 0.05) is 17.1 Å². The van der Waals surface area contributed by atoms with Gasteiger partial charge in [0.05, 0.1) is 0 Å². The molecule has 0 unspecified atom stereocenters. The van der Waals surface area contributed by atoms with Crippen molar-refractivity contribution in [2.24, 2.45) is 0 Å². The second-order valence-corrected chi connectivity index (χ2v) is 1.06. The van der Waals surface area contributed by atoms with Crippen LogP contribution in [0, 0.1) is 14.9 Å². The molecule has 0 rings (SSSR count). The Morgan fingerprint density at radius 3 is 0.750 bits per heavy atom. The molecular formula is C3H12Cu2MoS6-4. The van der Waals surface area contributed by atoms with Crippen molar-refractivity contribution in [3.63, 3.8) is 0 Å². The third-order valence-corrected chi connectivity index (χ3v) is 0. The molecule has 0 aliphatic heterocycles. The van der Waals surface area contributed by atoms with E-state index in [2.05, 4.69) is 25.3 Å². The Morgan fingerprint density at radius 2 is 0.750 bits per heavy atom. The van der Waals surface area contributed by atoms with Crippen molar-refractivity contribution < 1.29 is 55.2 Å². The fraction of sp³-hybridized carbons (Fsp3) is 0.333. The summed E-state index contributed by atoms with van der Waals surface area (Å²) in [5.74, 6) is 0. The summed E-state index contributed by atoms with van der Waals surface area (Å²) in [6.07, 6.45) is 0. The molecule has 0 saturated carbocycles. The number of rotatable bonds is 0. The summed E-state index contributed by atoms with van der Waals surface area (Å²) in [5.41, 5.74) is 0. The van der Waals surface area contributed by atoms with Crippen LogP contribution in [0.25, 0.3) is 0 Å². The fourth-order valence-electron chi connectivity index (χ4n) is 0. The molecule has 0 aromatic heterocycles. The smallest absolute Gasteiger partial charge is 0.818 e. The van der Waals surface area contributed by atoms with Gasteiger partial charge in [-0.25, -0.2) is 0 Å². The van der Waals surface area contributed by atoms with Crippen molar-refractivity contribution >= 4 is 79.2 Å². The molecule has 0 saturated heterocycles. The van der Waals surface area contributed by atoms with E-state index >= 15 is 0 Å². The van der Waals surface area contributed by atoms with E-state index in [1.54, 1.807) is 0 Å². The minimum Gasteiger partial charge on any atom is -0.818 e. The summed E-state index contributed by atoms with van der Waals surface area (Å²) in [7, 11) is 0. The predicted molar refractivity (Wildman–Crippen MR) is 67.5 cm³/mol. The average molecular weight is 464 g/mol. The average Bonchev–Trinajstić information content (AvgIpc) is 0.918. The van der Waals surface area contributed by atoms with Gasteiger partial charge in [0.1, 0.15) is 0 Å². The maximum atomic E-state index is 4.21. The number of thiol groups is 4. The second-order valence-electron chi connectivity index (χ2n) is 0.118. The van der Waals surface area contributed by atoms with Crippen molar-refractivity contribution in [3.05, 3.63) is 14.9 Å². The minimum absolute atomic E-state index is 0. The Balaban J connectivity index is -0.000000000556. The van der Waals surface area contributed by atoms with Crippen LogP contribution in [0.2, 0.25) is 0 Å². The SMILES string of the molecule is [CH3-].[CH3-].[Cu+2].[Cu].[Mo+2].[S-]C[S-].[SH-].[SH-].[SH-].[SH-]. The quantitative estimate of drug-likeness (QED) is 0.211.